The van der Waals surface area contributed by atoms with Gasteiger partial charge in [0.1, 0.15) is 0 Å². The maximum atomic E-state index is 10.2. The molecule has 0 spiro atoms. The molecule has 5 heteroatoms. The molecule has 0 saturated heterocycles. The van der Waals surface area contributed by atoms with Crippen LogP contribution in [0.5, 0.6) is 0 Å². The van der Waals surface area contributed by atoms with Gasteiger partial charge in [-0.2, -0.15) is 0 Å². The lowest BCUT2D eigenvalue weighted by atomic mass is 10.7. The van der Waals surface area contributed by atoms with E-state index in [1.165, 1.54) is 0 Å². The first-order valence-corrected chi connectivity index (χ1v) is 2.69. The number of halogens is 3. The summed E-state index contributed by atoms with van der Waals surface area (Å²) in [4.78, 5) is 13.1. The Morgan fingerprint density at radius 1 is 1.50 bits per heavy atom. The summed E-state index contributed by atoms with van der Waals surface area (Å²) >= 11 is 15.1. The number of carbonyl (C=O) groups excluding carboxylic acids is 1. The van der Waals surface area contributed by atoms with Gasteiger partial charge in [-0.05, 0) is 6.72 Å². The molecule has 0 unspecified atom stereocenters. The highest BCUT2D eigenvalue weighted by atomic mass is 35.6. The molecule has 0 heterocycles. The topological polar surface area (TPSA) is 29.4 Å². The van der Waals surface area contributed by atoms with Crippen LogP contribution < -0.4 is 0 Å². The molecule has 0 N–H and O–H groups in total. The first-order chi connectivity index (χ1) is 3.48. The highest BCUT2D eigenvalue weighted by molar-refractivity contribution is 6.76. The zero-order valence-corrected chi connectivity index (χ0v) is 5.96. The van der Waals surface area contributed by atoms with Crippen LogP contribution in [0.3, 0.4) is 0 Å². The Bertz CT molecular complexity index is 116. The second-order valence-corrected chi connectivity index (χ2v) is 3.24. The first-order valence-electron chi connectivity index (χ1n) is 1.56. The van der Waals surface area contributed by atoms with E-state index in [0.29, 0.717) is 0 Å². The van der Waals surface area contributed by atoms with Crippen molar-refractivity contribution < 1.29 is 4.79 Å². The standard InChI is InChI=1S/C3H2Cl3NO/c1-7-2(8)3(4,5)6/h1H2. The summed E-state index contributed by atoms with van der Waals surface area (Å²) in [6.07, 6.45) is 0. The van der Waals surface area contributed by atoms with Crippen molar-refractivity contribution in [3.05, 3.63) is 0 Å². The number of hydrogen-bond acceptors (Lipinski definition) is 1. The molecule has 0 rings (SSSR count). The normalized spacial score (nSPS) is 10.9. The van der Waals surface area contributed by atoms with E-state index in [4.69, 9.17) is 34.8 Å². The molecule has 0 aliphatic carbocycles. The number of carbonyl (C=O) groups is 1. The molecule has 0 aromatic carbocycles. The molecule has 0 atom stereocenters. The average Bonchev–Trinajstić information content (AvgIpc) is 1.62. The third kappa shape index (κ3) is 2.50. The summed E-state index contributed by atoms with van der Waals surface area (Å²) in [5, 5.41) is 0. The van der Waals surface area contributed by atoms with Crippen LogP contribution in [0.25, 0.3) is 0 Å². The van der Waals surface area contributed by atoms with Crippen molar-refractivity contribution in [2.24, 2.45) is 4.99 Å². The van der Waals surface area contributed by atoms with Gasteiger partial charge in [0, 0.05) is 0 Å². The molecule has 0 aliphatic rings. The lowest BCUT2D eigenvalue weighted by molar-refractivity contribution is -0.116. The van der Waals surface area contributed by atoms with Crippen LogP contribution in [0.2, 0.25) is 0 Å². The lowest BCUT2D eigenvalue weighted by Crippen LogP contribution is -2.15. The molecule has 1 amide bonds. The highest BCUT2D eigenvalue weighted by Gasteiger charge is 2.29. The van der Waals surface area contributed by atoms with Gasteiger partial charge in [0.2, 0.25) is 0 Å². The van der Waals surface area contributed by atoms with Gasteiger partial charge >= 0.3 is 0 Å². The van der Waals surface area contributed by atoms with Crippen molar-refractivity contribution >= 4 is 47.4 Å². The molecule has 46 valence electrons. The molecule has 0 aliphatic heterocycles. The summed E-state index contributed by atoms with van der Waals surface area (Å²) < 4.78 is -1.94. The minimum Gasteiger partial charge on any atom is -0.268 e. The molecule has 0 aromatic heterocycles. The van der Waals surface area contributed by atoms with Crippen LogP contribution in [-0.2, 0) is 4.79 Å². The minimum atomic E-state index is -1.94. The van der Waals surface area contributed by atoms with Crippen LogP contribution in [0.4, 0.5) is 0 Å². The fourth-order valence-electron chi connectivity index (χ4n) is 0.0896. The van der Waals surface area contributed by atoms with Crippen LogP contribution in [0.1, 0.15) is 0 Å². The summed E-state index contributed by atoms with van der Waals surface area (Å²) in [5.41, 5.74) is 0. The van der Waals surface area contributed by atoms with E-state index < -0.39 is 9.70 Å². The smallest absolute Gasteiger partial charge is 0.268 e. The van der Waals surface area contributed by atoms with Gasteiger partial charge in [0.25, 0.3) is 9.70 Å². The van der Waals surface area contributed by atoms with Gasteiger partial charge in [0.15, 0.2) is 0 Å². The van der Waals surface area contributed by atoms with Crippen molar-refractivity contribution in [2.75, 3.05) is 0 Å². The summed E-state index contributed by atoms with van der Waals surface area (Å²) in [6, 6.07) is 0. The zero-order chi connectivity index (χ0) is 6.78. The van der Waals surface area contributed by atoms with Crippen molar-refractivity contribution in [3.63, 3.8) is 0 Å². The minimum absolute atomic E-state index is 0.859. The number of hydrogen-bond donors (Lipinski definition) is 0. The van der Waals surface area contributed by atoms with E-state index in [-0.39, 0.29) is 0 Å². The number of amides is 1. The average molecular weight is 174 g/mol. The Morgan fingerprint density at radius 3 is 1.88 bits per heavy atom. The predicted octanol–water partition coefficient (Wildman–Crippen LogP) is 1.58. The van der Waals surface area contributed by atoms with E-state index >= 15 is 0 Å². The molecule has 2 nitrogen and oxygen atoms in total. The van der Waals surface area contributed by atoms with Crippen LogP contribution >= 0.6 is 34.8 Å². The summed E-state index contributed by atoms with van der Waals surface area (Å²) in [7, 11) is 0. The second kappa shape index (κ2) is 2.67. The van der Waals surface area contributed by atoms with E-state index in [2.05, 4.69) is 11.7 Å². The van der Waals surface area contributed by atoms with Crippen molar-refractivity contribution in [3.8, 4) is 0 Å². The number of alkyl halides is 3. The van der Waals surface area contributed by atoms with Gasteiger partial charge in [-0.3, -0.25) is 4.79 Å². The molecule has 0 bridgehead atoms. The number of rotatable bonds is 0. The quantitative estimate of drug-likeness (QED) is 0.405. The van der Waals surface area contributed by atoms with E-state index in [1.54, 1.807) is 0 Å². The molecule has 0 aromatic rings. The maximum Gasteiger partial charge on any atom is 0.297 e. The first kappa shape index (κ1) is 8.21. The Balaban J connectivity index is 4.02. The van der Waals surface area contributed by atoms with Crippen molar-refractivity contribution in [1.82, 2.24) is 0 Å². The Hall–Kier alpha value is 0.210. The van der Waals surface area contributed by atoms with Crippen LogP contribution in [-0.4, -0.2) is 16.4 Å². The SMILES string of the molecule is C=NC(=O)C(Cl)(Cl)Cl. The third-order valence-electron chi connectivity index (χ3n) is 0.386. The Kier molecular flexibility index (Phi) is 2.74. The molecule has 0 radical (unpaired) electrons. The fraction of sp³-hybridized carbons (Fsp3) is 0.333. The zero-order valence-electron chi connectivity index (χ0n) is 3.70. The van der Waals surface area contributed by atoms with E-state index in [0.717, 1.165) is 0 Å². The molecular weight excluding hydrogens is 172 g/mol. The fourth-order valence-corrected chi connectivity index (χ4v) is 0.269. The van der Waals surface area contributed by atoms with Gasteiger partial charge in [0.05, 0.1) is 0 Å². The number of aliphatic imine (C=N–C) groups is 1. The molecule has 0 fully saturated rings. The van der Waals surface area contributed by atoms with Crippen molar-refractivity contribution in [2.45, 2.75) is 3.79 Å². The Labute approximate surface area is 61.4 Å². The van der Waals surface area contributed by atoms with Gasteiger partial charge in [-0.25, -0.2) is 4.99 Å². The van der Waals surface area contributed by atoms with Gasteiger partial charge < -0.3 is 0 Å². The predicted molar refractivity (Wildman–Crippen MR) is 34.8 cm³/mol. The van der Waals surface area contributed by atoms with Crippen LogP contribution in [0, 0.1) is 0 Å². The van der Waals surface area contributed by atoms with Crippen LogP contribution in [0.15, 0.2) is 4.99 Å². The van der Waals surface area contributed by atoms with E-state index in [1.807, 2.05) is 0 Å². The summed E-state index contributed by atoms with van der Waals surface area (Å²) in [5.74, 6) is -0.859. The summed E-state index contributed by atoms with van der Waals surface area (Å²) in [6.45, 7) is 2.87. The Morgan fingerprint density at radius 2 is 1.88 bits per heavy atom. The van der Waals surface area contributed by atoms with Gasteiger partial charge in [-0.15, -0.1) is 0 Å². The second-order valence-electron chi connectivity index (χ2n) is 0.961. The molecule has 0 saturated carbocycles. The maximum absolute atomic E-state index is 10.2. The van der Waals surface area contributed by atoms with Gasteiger partial charge in [-0.1, -0.05) is 34.8 Å². The largest absolute Gasteiger partial charge is 0.297 e. The molecular formula is C3H2Cl3NO. The van der Waals surface area contributed by atoms with Crippen molar-refractivity contribution in [1.29, 1.82) is 0 Å². The molecule has 8 heavy (non-hydrogen) atoms. The number of nitrogens with zero attached hydrogens (tertiary/aromatic N) is 1. The highest BCUT2D eigenvalue weighted by Crippen LogP contribution is 2.26. The van der Waals surface area contributed by atoms with E-state index in [9.17, 15) is 4.79 Å². The monoisotopic (exact) mass is 173 g/mol. The lowest BCUT2D eigenvalue weighted by Gasteiger charge is -2.01. The third-order valence-corrected chi connectivity index (χ3v) is 0.871.